The minimum Gasteiger partial charge on any atom is -0.465 e. The predicted molar refractivity (Wildman–Crippen MR) is 159 cm³/mol. The molecule has 0 atom stereocenters. The van der Waals surface area contributed by atoms with Crippen LogP contribution in [0, 0.1) is 13.8 Å². The van der Waals surface area contributed by atoms with Gasteiger partial charge in [-0.05, 0) is 13.8 Å². The van der Waals surface area contributed by atoms with Crippen molar-refractivity contribution in [3.05, 3.63) is 34.9 Å². The van der Waals surface area contributed by atoms with Crippen molar-refractivity contribution >= 4 is 52.3 Å². The lowest BCUT2D eigenvalue weighted by Gasteiger charge is -2.08. The number of carbonyl (C=O) groups is 2. The molecule has 5 heterocycles. The molecule has 22 nitrogen and oxygen atoms in total. The zero-order valence-electron chi connectivity index (χ0n) is 25.4. The molecule has 0 bridgehead atoms. The van der Waals surface area contributed by atoms with Crippen LogP contribution < -0.4 is 16.8 Å². The Balaban J connectivity index is 1.53. The number of nitrogens with zero attached hydrogens (tertiary/aromatic N) is 15. The highest BCUT2D eigenvalue weighted by molar-refractivity contribution is 6.00. The third-order valence-corrected chi connectivity index (χ3v) is 6.50. The molecule has 6 N–H and O–H groups in total. The van der Waals surface area contributed by atoms with Crippen LogP contribution in [0.5, 0.6) is 0 Å². The van der Waals surface area contributed by atoms with Gasteiger partial charge in [-0.15, -0.1) is 20.5 Å². The summed E-state index contributed by atoms with van der Waals surface area (Å²) >= 11 is 0. The van der Waals surface area contributed by atoms with Crippen LogP contribution in [-0.2, 0) is 18.8 Å². The zero-order chi connectivity index (χ0) is 33.3. The number of methoxy groups -OCH3 is 1. The number of nitrogens with one attached hydrogen (secondary N) is 1. The van der Waals surface area contributed by atoms with Crippen molar-refractivity contribution in [1.82, 2.24) is 54.1 Å². The van der Waals surface area contributed by atoms with E-state index in [4.69, 9.17) is 16.2 Å². The monoisotopic (exact) mass is 632 g/mol. The largest absolute Gasteiger partial charge is 0.465 e. The Morgan fingerprint density at radius 3 is 1.78 bits per heavy atom. The lowest BCUT2D eigenvalue weighted by atomic mass is 10.2. The quantitative estimate of drug-likeness (QED) is 0.0959. The molecule has 0 unspecified atom stereocenters. The van der Waals surface area contributed by atoms with E-state index in [1.54, 1.807) is 35.0 Å². The first-order chi connectivity index (χ1) is 22.0. The zero-order valence-corrected chi connectivity index (χ0v) is 25.4. The fourth-order valence-electron chi connectivity index (χ4n) is 4.11. The van der Waals surface area contributed by atoms with E-state index in [0.29, 0.717) is 11.4 Å². The lowest BCUT2D eigenvalue weighted by Crippen LogP contribution is -2.15. The summed E-state index contributed by atoms with van der Waals surface area (Å²) in [4.78, 5) is 37.4. The number of aliphatic hydroxyl groups excluding tert-OH is 1. The number of ketones is 1. The van der Waals surface area contributed by atoms with E-state index in [1.807, 2.05) is 0 Å². The van der Waals surface area contributed by atoms with Crippen LogP contribution in [0.3, 0.4) is 0 Å². The van der Waals surface area contributed by atoms with Crippen LogP contribution in [0.4, 0.5) is 40.6 Å². The number of hydrogen-bond donors (Lipinski definition) is 4. The molecular weight excluding hydrogens is 604 g/mol. The first-order valence-corrected chi connectivity index (χ1v) is 13.2. The van der Waals surface area contributed by atoms with Gasteiger partial charge < -0.3 is 26.6 Å². The molecule has 46 heavy (non-hydrogen) atoms. The topological polar surface area (TPSA) is 287 Å². The van der Waals surface area contributed by atoms with E-state index in [-0.39, 0.29) is 63.6 Å². The molecule has 5 aromatic heterocycles. The van der Waals surface area contributed by atoms with Crippen molar-refractivity contribution in [1.29, 1.82) is 0 Å². The van der Waals surface area contributed by atoms with Gasteiger partial charge in [-0.25, -0.2) is 14.2 Å². The fourth-order valence-corrected chi connectivity index (χ4v) is 4.11. The number of aromatic nitrogens is 11. The highest BCUT2D eigenvalue weighted by Crippen LogP contribution is 2.33. The Morgan fingerprint density at radius 1 is 0.848 bits per heavy atom. The van der Waals surface area contributed by atoms with Gasteiger partial charge in [0.15, 0.2) is 40.4 Å². The van der Waals surface area contributed by atoms with Crippen molar-refractivity contribution in [2.75, 3.05) is 37.5 Å². The summed E-state index contributed by atoms with van der Waals surface area (Å²) < 4.78 is 9.92. The summed E-state index contributed by atoms with van der Waals surface area (Å²) in [5.74, 6) is -0.766. The number of nitrogens with two attached hydrogens (primary N) is 2. The number of aliphatic hydroxyl groups is 1. The maximum atomic E-state index is 12.1. The molecule has 5 aromatic rings. The van der Waals surface area contributed by atoms with Gasteiger partial charge in [0.2, 0.25) is 5.95 Å². The molecule has 238 valence electrons. The number of azo groups is 2. The molecule has 22 heteroatoms. The molecule has 0 aliphatic carbocycles. The van der Waals surface area contributed by atoms with Crippen molar-refractivity contribution in [3.63, 3.8) is 0 Å². The molecule has 0 aliphatic rings. The molecule has 0 saturated carbocycles. The molecular formula is C24H28N18O4. The number of nitrogen functional groups attached to an aromatic ring is 2. The number of anilines is 3. The van der Waals surface area contributed by atoms with Crippen LogP contribution in [-0.4, -0.2) is 91.7 Å². The number of esters is 1. The summed E-state index contributed by atoms with van der Waals surface area (Å²) in [5.41, 5.74) is 14.1. The van der Waals surface area contributed by atoms with E-state index in [9.17, 15) is 14.7 Å². The van der Waals surface area contributed by atoms with Crippen molar-refractivity contribution in [3.8, 4) is 11.9 Å². The average molecular weight is 633 g/mol. The number of carbonyl (C=O) groups excluding carboxylic acids is 2. The van der Waals surface area contributed by atoms with Crippen LogP contribution in [0.1, 0.15) is 32.1 Å². The summed E-state index contributed by atoms with van der Waals surface area (Å²) in [7, 11) is 6.01. The minimum absolute atomic E-state index is 0.00930. The Labute approximate surface area is 258 Å². The van der Waals surface area contributed by atoms with Crippen LogP contribution in [0.2, 0.25) is 0 Å². The normalized spacial score (nSPS) is 11.6. The maximum Gasteiger partial charge on any atom is 0.343 e. The third-order valence-electron chi connectivity index (χ3n) is 6.50. The summed E-state index contributed by atoms with van der Waals surface area (Å²) in [6, 6.07) is 0. The number of hydrogen-bond acceptors (Lipinski definition) is 18. The maximum absolute atomic E-state index is 12.1. The number of rotatable bonds is 10. The van der Waals surface area contributed by atoms with Crippen LogP contribution >= 0.6 is 0 Å². The van der Waals surface area contributed by atoms with Gasteiger partial charge in [0, 0.05) is 21.1 Å². The Hall–Kier alpha value is -6.45. The van der Waals surface area contributed by atoms with Crippen molar-refractivity contribution in [2.24, 2.45) is 34.6 Å². The highest BCUT2D eigenvalue weighted by atomic mass is 16.5. The molecule has 0 aromatic carbocycles. The minimum atomic E-state index is -0.714. The van der Waals surface area contributed by atoms with E-state index in [1.165, 1.54) is 38.2 Å². The summed E-state index contributed by atoms with van der Waals surface area (Å²) in [6.07, 6.45) is 2.60. The number of Topliss-reactive ketones (excluding diaryl/α,β-unsaturated/α-hetero) is 1. The van der Waals surface area contributed by atoms with Gasteiger partial charge >= 0.3 is 5.97 Å². The molecule has 0 saturated heterocycles. The second-order valence-corrected chi connectivity index (χ2v) is 9.45. The molecule has 0 spiro atoms. The van der Waals surface area contributed by atoms with E-state index in [0.717, 1.165) is 0 Å². The van der Waals surface area contributed by atoms with Crippen molar-refractivity contribution < 1.29 is 19.4 Å². The van der Waals surface area contributed by atoms with E-state index in [2.05, 4.69) is 61.1 Å². The molecule has 0 aliphatic heterocycles. The van der Waals surface area contributed by atoms with Gasteiger partial charge in [-0.3, -0.25) is 4.79 Å². The number of aryl methyl sites for hydroxylation is 4. The molecule has 5 rings (SSSR count). The fraction of sp³-hybridized carbons (Fsp3) is 0.292. The lowest BCUT2D eigenvalue weighted by molar-refractivity contribution is 0.0601. The SMILES string of the molecule is CNc1nc(-n2nc(C)c(/N=N/c3c(C(=O)CO)cnn3C)c2N)nc(-n2nc(C)c(/N=N/c3c(C(=O)OC)cnn3C)c2N)n1. The summed E-state index contributed by atoms with van der Waals surface area (Å²) in [5, 5.41) is 45.7. The van der Waals surface area contributed by atoms with Crippen LogP contribution in [0.15, 0.2) is 32.9 Å². The smallest absolute Gasteiger partial charge is 0.343 e. The Morgan fingerprint density at radius 2 is 1.33 bits per heavy atom. The predicted octanol–water partition coefficient (Wildman–Crippen LogP) is 1.33. The second kappa shape index (κ2) is 12.3. The van der Waals surface area contributed by atoms with E-state index >= 15 is 0 Å². The van der Waals surface area contributed by atoms with Gasteiger partial charge in [0.1, 0.15) is 12.2 Å². The average Bonchev–Trinajstić information content (AvgIpc) is 3.77. The summed E-state index contributed by atoms with van der Waals surface area (Å²) in [6.45, 7) is 2.58. The van der Waals surface area contributed by atoms with Crippen LogP contribution in [0.25, 0.3) is 11.9 Å². The Bertz CT molecular complexity index is 1890. The number of ether oxygens (including phenoxy) is 1. The first kappa shape index (κ1) is 31.0. The second-order valence-electron chi connectivity index (χ2n) is 9.45. The molecule has 0 fully saturated rings. The third kappa shape index (κ3) is 5.49. The highest BCUT2D eigenvalue weighted by Gasteiger charge is 2.23. The van der Waals surface area contributed by atoms with Gasteiger partial charge in [-0.1, -0.05) is 0 Å². The van der Waals surface area contributed by atoms with Gasteiger partial charge in [-0.2, -0.15) is 44.7 Å². The first-order valence-electron chi connectivity index (χ1n) is 13.2. The molecule has 0 amide bonds. The van der Waals surface area contributed by atoms with E-state index < -0.39 is 18.4 Å². The Kier molecular flexibility index (Phi) is 8.27. The van der Waals surface area contributed by atoms with Crippen molar-refractivity contribution in [2.45, 2.75) is 13.8 Å². The van der Waals surface area contributed by atoms with Gasteiger partial charge in [0.05, 0.1) is 36.5 Å². The molecule has 0 radical (unpaired) electrons. The standard InChI is InChI=1S/C24H28N18O4/c1-10-15(33-35-19-12(14(44)9-43)7-28-39(19)4)17(25)41(37-10)23-30-22(27-3)31-24(32-23)42-18(26)16(11(2)38-42)34-36-20-13(21(45)46-6)8-29-40(20)5/h7-8,43H,9,25-26H2,1-6H3,(H,27,30,31,32)/b35-33+,36-34+. The van der Waals surface area contributed by atoms with Gasteiger partial charge in [0.25, 0.3) is 11.9 Å².